The highest BCUT2D eigenvalue weighted by atomic mass is 16.7. The van der Waals surface area contributed by atoms with E-state index in [1.54, 1.807) is 0 Å². The molecule has 0 amide bonds. The molecule has 0 aromatic heterocycles. The Morgan fingerprint density at radius 1 is 0.640 bits per heavy atom. The van der Waals surface area contributed by atoms with Gasteiger partial charge in [-0.15, -0.1) is 0 Å². The summed E-state index contributed by atoms with van der Waals surface area (Å²) in [6, 6.07) is 0. The lowest BCUT2D eigenvalue weighted by Crippen LogP contribution is -2.64. The zero-order valence-corrected chi connectivity index (χ0v) is 13.4. The van der Waals surface area contributed by atoms with Crippen LogP contribution in [0.2, 0.25) is 0 Å². The maximum atomic E-state index is 9.94. The van der Waals surface area contributed by atoms with Crippen LogP contribution in [0.4, 0.5) is 0 Å². The Labute approximate surface area is 143 Å². The fraction of sp³-hybridized carbons (Fsp3) is 1.00. The van der Waals surface area contributed by atoms with E-state index >= 15 is 0 Å². The first-order valence-electron chi connectivity index (χ1n) is 7.08. The van der Waals surface area contributed by atoms with Gasteiger partial charge in [-0.25, -0.2) is 0 Å². The average Bonchev–Trinajstić information content (AvgIpc) is 2.55. The van der Waals surface area contributed by atoms with Crippen molar-refractivity contribution in [3.8, 4) is 0 Å². The number of hydrogen-bond acceptors (Lipinski definition) is 13. The van der Waals surface area contributed by atoms with Crippen molar-refractivity contribution >= 4 is 0 Å². The number of hydrogen-bond donors (Lipinski definition) is 10. The standard InChI is InChI=1S/C12H22O11.2H3N/c13-1-3-5(15)6(16)9(19)12(22-3)23-10-4(2-14)21-11(20)8(18)7(10)17;;/h3-20H,1-2H2;2*1H3/t3-,4-,5+,6+,7-,8-,9-,10-,11-,12+;;/m1../s1. The minimum Gasteiger partial charge on any atom is -0.394 e. The van der Waals surface area contributed by atoms with Crippen LogP contribution in [0.1, 0.15) is 0 Å². The predicted octanol–water partition coefficient (Wildman–Crippen LogP) is -5.07. The molecule has 2 saturated heterocycles. The van der Waals surface area contributed by atoms with Crippen LogP contribution in [0.3, 0.4) is 0 Å². The van der Waals surface area contributed by atoms with Crippen molar-refractivity contribution in [1.82, 2.24) is 12.3 Å². The Morgan fingerprint density at radius 3 is 1.72 bits per heavy atom. The first kappa shape index (κ1) is 24.5. The predicted molar refractivity (Wildman–Crippen MR) is 78.7 cm³/mol. The zero-order valence-electron chi connectivity index (χ0n) is 13.4. The Morgan fingerprint density at radius 2 is 1.20 bits per heavy atom. The molecule has 14 N–H and O–H groups in total. The summed E-state index contributed by atoms with van der Waals surface area (Å²) in [5.41, 5.74) is 0. The fourth-order valence-electron chi connectivity index (χ4n) is 2.57. The van der Waals surface area contributed by atoms with Gasteiger partial charge < -0.3 is 67.4 Å². The van der Waals surface area contributed by atoms with E-state index in [4.69, 9.17) is 19.3 Å². The third-order valence-electron chi connectivity index (χ3n) is 3.98. The van der Waals surface area contributed by atoms with E-state index in [0.717, 1.165) is 0 Å². The highest BCUT2D eigenvalue weighted by Gasteiger charge is 2.50. The van der Waals surface area contributed by atoms with E-state index in [2.05, 4.69) is 0 Å². The topological polar surface area (TPSA) is 260 Å². The van der Waals surface area contributed by atoms with E-state index in [1.165, 1.54) is 0 Å². The van der Waals surface area contributed by atoms with Gasteiger partial charge in [-0.1, -0.05) is 0 Å². The average molecular weight is 376 g/mol. The number of aliphatic hydroxyl groups is 8. The van der Waals surface area contributed by atoms with Crippen molar-refractivity contribution < 1.29 is 55.1 Å². The summed E-state index contributed by atoms with van der Waals surface area (Å²) in [6.07, 6.45) is -15.6. The van der Waals surface area contributed by atoms with Crippen LogP contribution in [0.25, 0.3) is 0 Å². The molecule has 2 heterocycles. The Kier molecular flexibility index (Phi) is 9.77. The number of rotatable bonds is 4. The van der Waals surface area contributed by atoms with Gasteiger partial charge in [-0.05, 0) is 0 Å². The van der Waals surface area contributed by atoms with Crippen LogP contribution in [0.5, 0.6) is 0 Å². The summed E-state index contributed by atoms with van der Waals surface area (Å²) in [6.45, 7) is -1.35. The third-order valence-corrected chi connectivity index (χ3v) is 3.98. The van der Waals surface area contributed by atoms with Gasteiger partial charge in [0.05, 0.1) is 13.2 Å². The Balaban J connectivity index is 0.00000288. The molecule has 10 atom stereocenters. The first-order valence-corrected chi connectivity index (χ1v) is 7.08. The van der Waals surface area contributed by atoms with Crippen molar-refractivity contribution in [1.29, 1.82) is 0 Å². The van der Waals surface area contributed by atoms with Gasteiger partial charge in [0, 0.05) is 0 Å². The summed E-state index contributed by atoms with van der Waals surface area (Å²) < 4.78 is 15.3. The SMILES string of the molecule is N.N.OC[C@H]1O[C@@H](O[C@H]2[C@H](O)[C@@H](O)[C@H](O)O[C@@H]2CO)[C@H](O)[C@@H](O)[C@H]1O. The second kappa shape index (κ2) is 9.98. The molecule has 2 aliphatic rings. The molecule has 0 unspecified atom stereocenters. The maximum absolute atomic E-state index is 9.94. The Bertz CT molecular complexity index is 388. The highest BCUT2D eigenvalue weighted by molar-refractivity contribution is 4.93. The zero-order chi connectivity index (χ0) is 17.3. The van der Waals surface area contributed by atoms with Crippen molar-refractivity contribution in [3.05, 3.63) is 0 Å². The minimum atomic E-state index is -1.74. The number of ether oxygens (including phenoxy) is 3. The van der Waals surface area contributed by atoms with E-state index in [0.29, 0.717) is 0 Å². The molecule has 13 heteroatoms. The quantitative estimate of drug-likeness (QED) is 0.220. The molecule has 2 fully saturated rings. The molecule has 0 aromatic rings. The van der Waals surface area contributed by atoms with Crippen LogP contribution in [0.15, 0.2) is 0 Å². The van der Waals surface area contributed by atoms with Crippen LogP contribution >= 0.6 is 0 Å². The lowest BCUT2D eigenvalue weighted by molar-refractivity contribution is -0.355. The van der Waals surface area contributed by atoms with Crippen LogP contribution in [0, 0.1) is 0 Å². The summed E-state index contributed by atoms with van der Waals surface area (Å²) >= 11 is 0. The fourth-order valence-corrected chi connectivity index (χ4v) is 2.57. The molecule has 0 bridgehead atoms. The lowest BCUT2D eigenvalue weighted by Gasteiger charge is -2.45. The van der Waals surface area contributed by atoms with Crippen molar-refractivity contribution in [2.45, 2.75) is 61.4 Å². The molecule has 0 aliphatic carbocycles. The van der Waals surface area contributed by atoms with Crippen molar-refractivity contribution in [2.24, 2.45) is 0 Å². The van der Waals surface area contributed by atoms with Crippen molar-refractivity contribution in [2.75, 3.05) is 13.2 Å². The molecule has 0 saturated carbocycles. The monoisotopic (exact) mass is 376 g/mol. The summed E-state index contributed by atoms with van der Waals surface area (Å²) in [5, 5.41) is 76.5. The van der Waals surface area contributed by atoms with Gasteiger partial charge in [0.25, 0.3) is 0 Å². The van der Waals surface area contributed by atoms with Crippen LogP contribution < -0.4 is 12.3 Å². The molecule has 2 rings (SSSR count). The third kappa shape index (κ3) is 4.81. The molecule has 0 radical (unpaired) electrons. The molecule has 2 aliphatic heterocycles. The van der Waals surface area contributed by atoms with Gasteiger partial charge in [0.2, 0.25) is 0 Å². The highest BCUT2D eigenvalue weighted by Crippen LogP contribution is 2.28. The van der Waals surface area contributed by atoms with Gasteiger partial charge in [-0.2, -0.15) is 0 Å². The van der Waals surface area contributed by atoms with Crippen LogP contribution in [-0.4, -0.2) is 115 Å². The first-order chi connectivity index (χ1) is 10.8. The second-order valence-corrected chi connectivity index (χ2v) is 5.53. The summed E-state index contributed by atoms with van der Waals surface area (Å²) in [5.74, 6) is 0. The van der Waals surface area contributed by atoms with Gasteiger partial charge >= 0.3 is 0 Å². The summed E-state index contributed by atoms with van der Waals surface area (Å²) in [4.78, 5) is 0. The second-order valence-electron chi connectivity index (χ2n) is 5.53. The van der Waals surface area contributed by atoms with E-state index < -0.39 is 74.6 Å². The smallest absolute Gasteiger partial charge is 0.187 e. The van der Waals surface area contributed by atoms with Gasteiger partial charge in [-0.3, -0.25) is 0 Å². The largest absolute Gasteiger partial charge is 0.394 e. The molecule has 0 spiro atoms. The van der Waals surface area contributed by atoms with Gasteiger partial charge in [0.15, 0.2) is 12.6 Å². The van der Waals surface area contributed by atoms with Crippen LogP contribution in [-0.2, 0) is 14.2 Å². The van der Waals surface area contributed by atoms with Crippen molar-refractivity contribution in [3.63, 3.8) is 0 Å². The maximum Gasteiger partial charge on any atom is 0.187 e. The Hall–Kier alpha value is -0.520. The molecule has 25 heavy (non-hydrogen) atoms. The molecule has 13 nitrogen and oxygen atoms in total. The molecular formula is C12H28N2O11. The van der Waals surface area contributed by atoms with Gasteiger partial charge in [0.1, 0.15) is 48.8 Å². The van der Waals surface area contributed by atoms with E-state index in [-0.39, 0.29) is 12.3 Å². The minimum absolute atomic E-state index is 0. The molecular weight excluding hydrogens is 348 g/mol. The molecule has 152 valence electrons. The van der Waals surface area contributed by atoms with E-state index in [1.807, 2.05) is 0 Å². The number of aliphatic hydroxyl groups excluding tert-OH is 8. The summed E-state index contributed by atoms with van der Waals surface area (Å²) in [7, 11) is 0. The normalized spacial score (nSPS) is 47.5. The lowest BCUT2D eigenvalue weighted by atomic mass is 9.97. The molecule has 0 aromatic carbocycles. The van der Waals surface area contributed by atoms with E-state index in [9.17, 15) is 35.7 Å².